The van der Waals surface area contributed by atoms with Crippen LogP contribution in [0.3, 0.4) is 0 Å². The van der Waals surface area contributed by atoms with E-state index < -0.39 is 0 Å². The van der Waals surface area contributed by atoms with Gasteiger partial charge in [0.1, 0.15) is 16.3 Å². The Bertz CT molecular complexity index is 1080. The second-order valence-corrected chi connectivity index (χ2v) is 7.61. The highest BCUT2D eigenvalue weighted by Crippen LogP contribution is 2.21. The van der Waals surface area contributed by atoms with E-state index in [1.54, 1.807) is 12.1 Å². The van der Waals surface area contributed by atoms with E-state index in [1.807, 2.05) is 41.9 Å². The van der Waals surface area contributed by atoms with Crippen molar-refractivity contribution in [1.82, 2.24) is 19.7 Å². The fourth-order valence-corrected chi connectivity index (χ4v) is 4.02. The molecule has 0 unspecified atom stereocenters. The van der Waals surface area contributed by atoms with Crippen molar-refractivity contribution in [2.75, 3.05) is 6.54 Å². The summed E-state index contributed by atoms with van der Waals surface area (Å²) < 4.78 is 15.0. The third kappa shape index (κ3) is 4.09. The first-order valence-electron chi connectivity index (χ1n) is 9.00. The van der Waals surface area contributed by atoms with Crippen molar-refractivity contribution in [3.63, 3.8) is 0 Å². The molecule has 3 heterocycles. The van der Waals surface area contributed by atoms with Gasteiger partial charge in [-0.3, -0.25) is 4.79 Å². The monoisotopic (exact) mass is 394 g/mol. The molecule has 1 aromatic carbocycles. The summed E-state index contributed by atoms with van der Waals surface area (Å²) in [6, 6.07) is 12.2. The molecule has 0 saturated carbocycles. The van der Waals surface area contributed by atoms with Crippen molar-refractivity contribution in [1.29, 1.82) is 0 Å². The smallest absolute Gasteiger partial charge is 0.263 e. The first-order valence-corrected chi connectivity index (χ1v) is 9.82. The van der Waals surface area contributed by atoms with Crippen LogP contribution >= 0.6 is 11.3 Å². The molecule has 28 heavy (non-hydrogen) atoms. The summed E-state index contributed by atoms with van der Waals surface area (Å²) >= 11 is 1.38. The number of amides is 1. The number of fused-ring (bicyclic) bond motifs is 1. The standard InChI is InChI=1S/C21H19FN4OS/c1-14-20(28-19(24-14)12-15-5-7-16(22)8-6-15)21(27)23-10-9-17-13-26-11-3-2-4-18(26)25-17/h2-8,11,13H,9-10,12H2,1H3,(H,23,27). The number of hydrogen-bond acceptors (Lipinski definition) is 4. The fraction of sp³-hybridized carbons (Fsp3) is 0.190. The Morgan fingerprint density at radius 3 is 2.79 bits per heavy atom. The zero-order chi connectivity index (χ0) is 19.5. The zero-order valence-corrected chi connectivity index (χ0v) is 16.2. The molecule has 0 aliphatic rings. The Labute approximate surface area is 165 Å². The third-order valence-electron chi connectivity index (χ3n) is 4.40. The molecule has 1 N–H and O–H groups in total. The predicted molar refractivity (Wildman–Crippen MR) is 107 cm³/mol. The van der Waals surface area contributed by atoms with Crippen LogP contribution in [-0.2, 0) is 12.8 Å². The molecule has 7 heteroatoms. The van der Waals surface area contributed by atoms with Crippen LogP contribution in [0.2, 0.25) is 0 Å². The molecule has 0 aliphatic carbocycles. The average Bonchev–Trinajstić information content (AvgIpc) is 3.26. The maximum absolute atomic E-state index is 13.0. The molecule has 0 spiro atoms. The highest BCUT2D eigenvalue weighted by atomic mass is 32.1. The molecule has 0 fully saturated rings. The van der Waals surface area contributed by atoms with E-state index in [0.717, 1.165) is 21.9 Å². The van der Waals surface area contributed by atoms with Crippen molar-refractivity contribution in [2.45, 2.75) is 19.8 Å². The number of carbonyl (C=O) groups is 1. The van der Waals surface area contributed by atoms with Crippen molar-refractivity contribution in [3.8, 4) is 0 Å². The average molecular weight is 394 g/mol. The van der Waals surface area contributed by atoms with Gasteiger partial charge in [-0.2, -0.15) is 0 Å². The topological polar surface area (TPSA) is 59.3 Å². The minimum Gasteiger partial charge on any atom is -0.351 e. The molecule has 142 valence electrons. The number of pyridine rings is 1. The van der Waals surface area contributed by atoms with E-state index in [2.05, 4.69) is 15.3 Å². The number of hydrogen-bond donors (Lipinski definition) is 1. The van der Waals surface area contributed by atoms with Gasteiger partial charge in [-0.1, -0.05) is 18.2 Å². The molecular weight excluding hydrogens is 375 g/mol. The Hall–Kier alpha value is -3.06. The molecule has 4 rings (SSSR count). The second kappa shape index (κ2) is 7.90. The number of rotatable bonds is 6. The van der Waals surface area contributed by atoms with Gasteiger partial charge in [0.15, 0.2) is 0 Å². The number of thiazole rings is 1. The number of benzene rings is 1. The number of nitrogens with zero attached hydrogens (tertiary/aromatic N) is 3. The summed E-state index contributed by atoms with van der Waals surface area (Å²) in [4.78, 5) is 22.2. The summed E-state index contributed by atoms with van der Waals surface area (Å²) in [6.07, 6.45) is 5.17. The normalized spacial score (nSPS) is 11.1. The Kier molecular flexibility index (Phi) is 5.16. The molecule has 1 amide bonds. The van der Waals surface area contributed by atoms with Crippen molar-refractivity contribution >= 4 is 22.9 Å². The minimum atomic E-state index is -0.259. The first kappa shape index (κ1) is 18.3. The number of halogens is 1. The molecule has 3 aromatic heterocycles. The predicted octanol–water partition coefficient (Wildman–Crippen LogP) is 3.80. The van der Waals surface area contributed by atoms with Crippen LogP contribution in [0.25, 0.3) is 5.65 Å². The Morgan fingerprint density at radius 2 is 2.00 bits per heavy atom. The van der Waals surface area contributed by atoms with Gasteiger partial charge in [0.2, 0.25) is 0 Å². The number of aromatic nitrogens is 3. The van der Waals surface area contributed by atoms with Crippen molar-refractivity contribution < 1.29 is 9.18 Å². The quantitative estimate of drug-likeness (QED) is 0.541. The molecule has 5 nitrogen and oxygen atoms in total. The second-order valence-electron chi connectivity index (χ2n) is 6.53. The van der Waals surface area contributed by atoms with Crippen LogP contribution in [0.15, 0.2) is 54.9 Å². The number of imidazole rings is 1. The number of nitrogens with one attached hydrogen (secondary N) is 1. The van der Waals surface area contributed by atoms with Gasteiger partial charge in [-0.05, 0) is 36.8 Å². The van der Waals surface area contributed by atoms with Gasteiger partial charge in [0, 0.05) is 31.8 Å². The van der Waals surface area contributed by atoms with Crippen molar-refractivity contribution in [3.05, 3.63) is 87.5 Å². The van der Waals surface area contributed by atoms with E-state index >= 15 is 0 Å². The van der Waals surface area contributed by atoms with Crippen LogP contribution in [-0.4, -0.2) is 26.8 Å². The van der Waals surface area contributed by atoms with Crippen LogP contribution < -0.4 is 5.32 Å². The van der Waals surface area contributed by atoms with Crippen molar-refractivity contribution in [2.24, 2.45) is 0 Å². The van der Waals surface area contributed by atoms with Gasteiger partial charge in [-0.15, -0.1) is 11.3 Å². The number of aryl methyl sites for hydroxylation is 1. The van der Waals surface area contributed by atoms with Crippen LogP contribution in [0.1, 0.15) is 31.6 Å². The highest BCUT2D eigenvalue weighted by molar-refractivity contribution is 7.13. The van der Waals surface area contributed by atoms with Crippen LogP contribution in [0.4, 0.5) is 4.39 Å². The molecule has 0 aliphatic heterocycles. The highest BCUT2D eigenvalue weighted by Gasteiger charge is 2.15. The fourth-order valence-electron chi connectivity index (χ4n) is 3.01. The molecule has 0 bridgehead atoms. The third-order valence-corrected chi connectivity index (χ3v) is 5.55. The maximum Gasteiger partial charge on any atom is 0.263 e. The summed E-state index contributed by atoms with van der Waals surface area (Å²) in [5.41, 5.74) is 3.51. The van der Waals surface area contributed by atoms with Gasteiger partial charge in [-0.25, -0.2) is 14.4 Å². The van der Waals surface area contributed by atoms with E-state index in [-0.39, 0.29) is 11.7 Å². The maximum atomic E-state index is 13.0. The largest absolute Gasteiger partial charge is 0.351 e. The lowest BCUT2D eigenvalue weighted by Crippen LogP contribution is -2.25. The lowest BCUT2D eigenvalue weighted by molar-refractivity contribution is 0.0957. The van der Waals surface area contributed by atoms with E-state index in [1.165, 1.54) is 23.5 Å². The van der Waals surface area contributed by atoms with Crippen LogP contribution in [0.5, 0.6) is 0 Å². The molecule has 0 atom stereocenters. The first-order chi connectivity index (χ1) is 13.6. The lowest BCUT2D eigenvalue weighted by atomic mass is 10.1. The van der Waals surface area contributed by atoms with Gasteiger partial charge in [0.25, 0.3) is 5.91 Å². The van der Waals surface area contributed by atoms with Crippen LogP contribution in [0, 0.1) is 12.7 Å². The van der Waals surface area contributed by atoms with Gasteiger partial charge >= 0.3 is 0 Å². The summed E-state index contributed by atoms with van der Waals surface area (Å²) in [7, 11) is 0. The summed E-state index contributed by atoms with van der Waals surface area (Å²) in [5.74, 6) is -0.381. The van der Waals surface area contributed by atoms with E-state index in [0.29, 0.717) is 30.0 Å². The molecular formula is C21H19FN4OS. The molecule has 4 aromatic rings. The Balaban J connectivity index is 1.36. The molecule has 0 saturated heterocycles. The minimum absolute atomic E-state index is 0.121. The SMILES string of the molecule is Cc1nc(Cc2ccc(F)cc2)sc1C(=O)NCCc1cn2ccccc2n1. The van der Waals surface area contributed by atoms with Gasteiger partial charge < -0.3 is 9.72 Å². The van der Waals surface area contributed by atoms with Gasteiger partial charge in [0.05, 0.1) is 16.4 Å². The van der Waals surface area contributed by atoms with E-state index in [9.17, 15) is 9.18 Å². The summed E-state index contributed by atoms with van der Waals surface area (Å²) in [5, 5.41) is 3.79. The number of carbonyl (C=O) groups excluding carboxylic acids is 1. The molecule has 0 radical (unpaired) electrons. The zero-order valence-electron chi connectivity index (χ0n) is 15.4. The summed E-state index contributed by atoms with van der Waals surface area (Å²) in [6.45, 7) is 2.34. The lowest BCUT2D eigenvalue weighted by Gasteiger charge is -2.02. The van der Waals surface area contributed by atoms with E-state index in [4.69, 9.17) is 0 Å². The Morgan fingerprint density at radius 1 is 1.18 bits per heavy atom.